The van der Waals surface area contributed by atoms with E-state index in [0.29, 0.717) is 35.0 Å². The summed E-state index contributed by atoms with van der Waals surface area (Å²) in [5.74, 6) is 0.262. The highest BCUT2D eigenvalue weighted by atomic mass is 35.5. The molecule has 2 aliphatic heterocycles. The van der Waals surface area contributed by atoms with Crippen LogP contribution in [0.4, 0.5) is 5.69 Å². The number of nitro benzene ring substituents is 1. The van der Waals surface area contributed by atoms with Crippen molar-refractivity contribution in [1.82, 2.24) is 4.90 Å². The van der Waals surface area contributed by atoms with E-state index in [1.54, 1.807) is 84.9 Å². The van der Waals surface area contributed by atoms with E-state index in [0.717, 1.165) is 0 Å². The first-order valence-electron chi connectivity index (χ1n) is 17.5. The zero-order chi connectivity index (χ0) is 38.9. The second-order valence-corrected chi connectivity index (χ2v) is 14.5. The predicted octanol–water partition coefficient (Wildman–Crippen LogP) is 5.87. The van der Waals surface area contributed by atoms with Crippen LogP contribution in [0.15, 0.2) is 162 Å². The summed E-state index contributed by atoms with van der Waals surface area (Å²) in [6, 6.07) is 39.5. The highest BCUT2D eigenvalue weighted by molar-refractivity contribution is 7.57. The van der Waals surface area contributed by atoms with Crippen molar-refractivity contribution >= 4 is 42.5 Å². The van der Waals surface area contributed by atoms with Crippen LogP contribution in [0.2, 0.25) is 0 Å². The quantitative estimate of drug-likeness (QED) is 0.0295. The number of nitro groups is 1. The van der Waals surface area contributed by atoms with Crippen molar-refractivity contribution < 1.29 is 54.5 Å². The molecule has 5 aromatic carbocycles. The highest BCUT2D eigenvalue weighted by Gasteiger charge is 2.61. The molecule has 0 aliphatic carbocycles. The maximum absolute atomic E-state index is 14.2. The van der Waals surface area contributed by atoms with Gasteiger partial charge in [0.05, 0.1) is 11.0 Å². The van der Waals surface area contributed by atoms with Gasteiger partial charge in [0.1, 0.15) is 24.1 Å². The Labute approximate surface area is 339 Å². The molecule has 0 spiro atoms. The molecule has 0 bridgehead atoms. The van der Waals surface area contributed by atoms with Crippen LogP contribution in [0.3, 0.4) is 0 Å². The smallest absolute Gasteiger partial charge is 0.766 e. The Bertz CT molecular complexity index is 2120. The molecule has 13 nitrogen and oxygen atoms in total. The van der Waals surface area contributed by atoms with Gasteiger partial charge in [-0.1, -0.05) is 84.4 Å². The first-order valence-corrected chi connectivity index (χ1v) is 19.3. The van der Waals surface area contributed by atoms with E-state index in [1.807, 2.05) is 36.4 Å². The lowest BCUT2D eigenvalue weighted by molar-refractivity contribution is -0.384. The van der Waals surface area contributed by atoms with Crippen LogP contribution in [0.5, 0.6) is 23.0 Å². The summed E-state index contributed by atoms with van der Waals surface area (Å²) in [5, 5.41) is 11.3. The number of para-hydroxylation sites is 4. The lowest BCUT2D eigenvalue weighted by Gasteiger charge is -2.48. The molecule has 16 heteroatoms. The molecule has 1 amide bonds. The van der Waals surface area contributed by atoms with Crippen LogP contribution < -0.4 is 30.7 Å². The van der Waals surface area contributed by atoms with Gasteiger partial charge in [0.15, 0.2) is 34.7 Å². The zero-order valence-corrected chi connectivity index (χ0v) is 32.4. The van der Waals surface area contributed by atoms with Gasteiger partial charge in [-0.2, -0.15) is 0 Å². The van der Waals surface area contributed by atoms with Crippen molar-refractivity contribution in [3.8, 4) is 23.0 Å². The van der Waals surface area contributed by atoms with E-state index < -0.39 is 37.1 Å². The fraction of sp³-hybridized carbons (Fsp3) is 0.146. The number of allylic oxidation sites excluding steroid dienone is 1. The van der Waals surface area contributed by atoms with Gasteiger partial charge in [-0.3, -0.25) is 24.8 Å². The number of ether oxygens (including phenoxy) is 2. The van der Waals surface area contributed by atoms with E-state index in [9.17, 15) is 19.7 Å². The number of aliphatic imine (C=N–C) groups is 1. The van der Waals surface area contributed by atoms with Crippen LogP contribution in [0.1, 0.15) is 18.4 Å². The molecule has 0 N–H and O–H groups in total. The second kappa shape index (κ2) is 18.7. The van der Waals surface area contributed by atoms with Crippen LogP contribution in [0, 0.1) is 10.1 Å². The summed E-state index contributed by atoms with van der Waals surface area (Å²) in [7, 11) is -4.05. The molecule has 0 unspecified atom stereocenters. The van der Waals surface area contributed by atoms with Gasteiger partial charge in [0.25, 0.3) is 11.6 Å². The average molecular weight is 831 g/mol. The van der Waals surface area contributed by atoms with E-state index in [1.165, 1.54) is 29.2 Å². The fourth-order valence-corrected chi connectivity index (χ4v) is 7.89. The topological polar surface area (TPSA) is 148 Å². The molecule has 7 rings (SSSR count). The molecule has 0 radical (unpaired) electrons. The Morgan fingerprint density at radius 1 is 0.754 bits per heavy atom. The molecule has 1 saturated heterocycles. The third-order valence-electron chi connectivity index (χ3n) is 8.55. The molecule has 1 fully saturated rings. The predicted molar refractivity (Wildman–Crippen MR) is 208 cm³/mol. The molecule has 5 aromatic rings. The van der Waals surface area contributed by atoms with E-state index in [4.69, 9.17) is 39.2 Å². The third kappa shape index (κ3) is 10.0. The number of hydrogen-bond acceptors (Lipinski definition) is 11. The Morgan fingerprint density at radius 2 is 1.25 bits per heavy atom. The fourth-order valence-electron chi connectivity index (χ4n) is 5.92. The number of nitrogens with zero attached hydrogens (tertiary/aromatic N) is 3. The molecule has 292 valence electrons. The van der Waals surface area contributed by atoms with Gasteiger partial charge < -0.3 is 21.9 Å². The number of β-lactam (4-membered cyclic amide) rings is 1. The van der Waals surface area contributed by atoms with Crippen molar-refractivity contribution in [3.05, 3.63) is 173 Å². The maximum atomic E-state index is 14.2. The van der Waals surface area contributed by atoms with E-state index in [-0.39, 0.29) is 54.4 Å². The number of halogens is 2. The number of hydrogen-bond donors (Lipinski definition) is 0. The number of benzene rings is 5. The number of amides is 1. The maximum Gasteiger partial charge on any atom is 0.766 e. The molecule has 2 aliphatic rings. The molecular formula is C41H34Cl2N3O10P. The lowest BCUT2D eigenvalue weighted by atomic mass is 9.86. The van der Waals surface area contributed by atoms with Gasteiger partial charge in [0.2, 0.25) is 0 Å². The van der Waals surface area contributed by atoms with Crippen molar-refractivity contribution in [2.75, 3.05) is 6.61 Å². The summed E-state index contributed by atoms with van der Waals surface area (Å²) in [6.45, 7) is -0.319. The first-order chi connectivity index (χ1) is 27.3. The summed E-state index contributed by atoms with van der Waals surface area (Å²) in [5.41, 5.74) is 0.177. The summed E-state index contributed by atoms with van der Waals surface area (Å²) >= 11 is 6.47. The van der Waals surface area contributed by atoms with Gasteiger partial charge in [-0.05, 0) is 72.6 Å². The van der Waals surface area contributed by atoms with Crippen molar-refractivity contribution in [1.29, 1.82) is 0 Å². The average Bonchev–Trinajstić information content (AvgIpc) is 3.22. The highest BCUT2D eigenvalue weighted by Crippen LogP contribution is 2.64. The molecule has 57 heavy (non-hydrogen) atoms. The summed E-state index contributed by atoms with van der Waals surface area (Å²) in [4.78, 5) is 44.6. The van der Waals surface area contributed by atoms with Gasteiger partial charge >= 0.3 is 14.1 Å². The van der Waals surface area contributed by atoms with Gasteiger partial charge in [0, 0.05) is 18.6 Å². The van der Waals surface area contributed by atoms with E-state index in [2.05, 4.69) is 4.99 Å². The molecule has 0 aromatic heterocycles. The minimum atomic E-state index is -4.05. The normalized spacial score (nSPS) is 16.3. The van der Waals surface area contributed by atoms with Crippen LogP contribution in [-0.4, -0.2) is 45.6 Å². The number of esters is 1. The van der Waals surface area contributed by atoms with Crippen molar-refractivity contribution in [2.45, 2.75) is 31.5 Å². The minimum absolute atomic E-state index is 0. The monoisotopic (exact) mass is 829 g/mol. The van der Waals surface area contributed by atoms with Crippen LogP contribution >= 0.6 is 19.8 Å². The number of fused-ring (bicyclic) bond motifs is 1. The summed E-state index contributed by atoms with van der Waals surface area (Å²) < 4.78 is 37.6. The Morgan fingerprint density at radius 3 is 1.74 bits per heavy atom. The molecule has 0 saturated carbocycles. The van der Waals surface area contributed by atoms with Gasteiger partial charge in [-0.15, -0.1) is 0 Å². The number of rotatable bonds is 16. The molecule has 2 heterocycles. The van der Waals surface area contributed by atoms with Crippen LogP contribution in [-0.2, 0) is 25.5 Å². The molecular weight excluding hydrogens is 796 g/mol. The number of carbonyl (C=O) groups is 2. The Hall–Kier alpha value is -6.14. The standard InChI is InChI=1S/C41H34ClN3O10P.ClH/c42-37(28-50-31-13-5-1-6-14-31)43-38-35-25-26-36(39(44(35)40(38)46)41(47)51-27-29-21-23-30(24-22-29)45(48)49)55-56(52-32-15-7-2-8-16-32,53-33-17-9-3-10-18-33)54-34-19-11-4-12-20-34;/h1-24,35,38H,25-28H2;1H/q+1;/p-1/t35-,38+;/m1./s1. The van der Waals surface area contributed by atoms with Gasteiger partial charge in [-0.25, -0.2) is 22.9 Å². The Balaban J connectivity index is 0.00000549. The number of non-ortho nitro benzene ring substituents is 1. The first kappa shape index (κ1) is 40.5. The Kier molecular flexibility index (Phi) is 13.3. The van der Waals surface area contributed by atoms with Crippen LogP contribution in [0.25, 0.3) is 0 Å². The zero-order valence-electron chi connectivity index (χ0n) is 30.0. The van der Waals surface area contributed by atoms with Crippen molar-refractivity contribution in [3.63, 3.8) is 0 Å². The van der Waals surface area contributed by atoms with E-state index >= 15 is 0 Å². The number of carbonyl (C=O) groups excluding carboxylic acids is 2. The van der Waals surface area contributed by atoms with Crippen molar-refractivity contribution in [2.24, 2.45) is 4.99 Å². The minimum Gasteiger partial charge on any atom is -1.00 e. The lowest BCUT2D eigenvalue weighted by Crippen LogP contribution is -3.00. The summed E-state index contributed by atoms with van der Waals surface area (Å²) in [6.07, 6.45) is 0.441. The SMILES string of the molecule is O=C(OCc1ccc([N+](=O)[O-])cc1)C1=C(O[P+](Oc2ccccc2)(Oc2ccccc2)Oc2ccccc2)CC[C@@H]2[C@H](N=C(Cl)COc3ccccc3)C(=O)N12.[Cl-]. The second-order valence-electron chi connectivity index (χ2n) is 12.4. The third-order valence-corrected chi connectivity index (χ3v) is 10.5. The largest absolute Gasteiger partial charge is 1.00 e. The molecule has 2 atom stereocenters.